The third kappa shape index (κ3) is 3.55. The number of amides is 1. The van der Waals surface area contributed by atoms with Gasteiger partial charge in [0, 0.05) is 22.9 Å². The van der Waals surface area contributed by atoms with Crippen LogP contribution >= 0.6 is 11.6 Å². The molecule has 0 aliphatic carbocycles. The van der Waals surface area contributed by atoms with Crippen LogP contribution in [0.5, 0.6) is 5.75 Å². The second-order valence-corrected chi connectivity index (χ2v) is 7.00. The van der Waals surface area contributed by atoms with Crippen molar-refractivity contribution >= 4 is 23.3 Å². The van der Waals surface area contributed by atoms with E-state index in [4.69, 9.17) is 16.3 Å². The quantitative estimate of drug-likeness (QED) is 0.691. The largest absolute Gasteiger partial charge is 0.494 e. The number of aromatic nitrogens is 2. The number of hydrogen-bond acceptors (Lipinski definition) is 3. The van der Waals surface area contributed by atoms with Crippen molar-refractivity contribution in [3.05, 3.63) is 70.9 Å². The second kappa shape index (κ2) is 7.45. The summed E-state index contributed by atoms with van der Waals surface area (Å²) in [6.45, 7) is 2.77. The standard InChI is InChI=1S/C21H20ClN3O2/c1-2-10-27-17-8-6-14(7-9-17)18-12-20(26)24-21-19(18)13-23-25(21)16-5-3-4-15(22)11-16/h3-9,11,13,18H,2,10,12H2,1H3,(H,24,26)/t18-/m0/s1. The van der Waals surface area contributed by atoms with Gasteiger partial charge in [-0.05, 0) is 42.3 Å². The number of ether oxygens (including phenoxy) is 1. The molecule has 2 aromatic carbocycles. The van der Waals surface area contributed by atoms with Gasteiger partial charge in [0.25, 0.3) is 0 Å². The maximum absolute atomic E-state index is 12.4. The van der Waals surface area contributed by atoms with Gasteiger partial charge in [0.2, 0.25) is 5.91 Å². The molecular formula is C21H20ClN3O2. The first-order valence-corrected chi connectivity index (χ1v) is 9.40. The Morgan fingerprint density at radius 3 is 2.81 bits per heavy atom. The first-order valence-electron chi connectivity index (χ1n) is 9.02. The van der Waals surface area contributed by atoms with E-state index in [0.29, 0.717) is 23.9 Å². The van der Waals surface area contributed by atoms with Gasteiger partial charge in [0.05, 0.1) is 18.5 Å². The smallest absolute Gasteiger partial charge is 0.226 e. The molecule has 1 aliphatic rings. The van der Waals surface area contributed by atoms with Crippen LogP contribution in [-0.2, 0) is 4.79 Å². The fourth-order valence-electron chi connectivity index (χ4n) is 3.34. The maximum Gasteiger partial charge on any atom is 0.226 e. The molecule has 3 aromatic rings. The molecule has 0 fully saturated rings. The van der Waals surface area contributed by atoms with E-state index < -0.39 is 0 Å². The predicted molar refractivity (Wildman–Crippen MR) is 106 cm³/mol. The zero-order valence-corrected chi connectivity index (χ0v) is 15.7. The lowest BCUT2D eigenvalue weighted by Gasteiger charge is -2.24. The predicted octanol–water partition coefficient (Wildman–Crippen LogP) is 4.79. The molecule has 27 heavy (non-hydrogen) atoms. The number of carbonyl (C=O) groups is 1. The van der Waals surface area contributed by atoms with Gasteiger partial charge < -0.3 is 10.1 Å². The van der Waals surface area contributed by atoms with Gasteiger partial charge in [0.15, 0.2) is 0 Å². The highest BCUT2D eigenvalue weighted by Crippen LogP contribution is 2.38. The number of rotatable bonds is 5. The van der Waals surface area contributed by atoms with E-state index in [-0.39, 0.29) is 11.8 Å². The summed E-state index contributed by atoms with van der Waals surface area (Å²) in [5, 5.41) is 8.08. The van der Waals surface area contributed by atoms with Gasteiger partial charge in [-0.25, -0.2) is 4.68 Å². The highest BCUT2D eigenvalue weighted by molar-refractivity contribution is 6.30. The van der Waals surface area contributed by atoms with Gasteiger partial charge in [-0.15, -0.1) is 0 Å². The van der Waals surface area contributed by atoms with Crippen LogP contribution in [0.25, 0.3) is 5.69 Å². The van der Waals surface area contributed by atoms with Crippen LogP contribution in [0.4, 0.5) is 5.82 Å². The molecule has 0 saturated carbocycles. The van der Waals surface area contributed by atoms with Crippen molar-refractivity contribution < 1.29 is 9.53 Å². The first-order chi connectivity index (χ1) is 13.2. The number of carbonyl (C=O) groups excluding carboxylic acids is 1. The summed E-state index contributed by atoms with van der Waals surface area (Å²) in [5.74, 6) is 1.48. The van der Waals surface area contributed by atoms with Crippen molar-refractivity contribution in [3.63, 3.8) is 0 Å². The molecule has 1 amide bonds. The van der Waals surface area contributed by atoms with Crippen LogP contribution in [0.1, 0.15) is 36.8 Å². The Kier molecular flexibility index (Phi) is 4.86. The summed E-state index contributed by atoms with van der Waals surface area (Å²) in [4.78, 5) is 12.4. The van der Waals surface area contributed by atoms with Crippen LogP contribution in [-0.4, -0.2) is 22.3 Å². The van der Waals surface area contributed by atoms with E-state index in [0.717, 1.165) is 29.0 Å². The molecule has 1 atom stereocenters. The van der Waals surface area contributed by atoms with Gasteiger partial charge in [-0.2, -0.15) is 5.10 Å². The lowest BCUT2D eigenvalue weighted by Crippen LogP contribution is -2.24. The highest BCUT2D eigenvalue weighted by Gasteiger charge is 2.30. The van der Waals surface area contributed by atoms with E-state index in [1.165, 1.54) is 0 Å². The summed E-state index contributed by atoms with van der Waals surface area (Å²) in [6, 6.07) is 15.4. The van der Waals surface area contributed by atoms with Crippen molar-refractivity contribution in [1.82, 2.24) is 9.78 Å². The van der Waals surface area contributed by atoms with Crippen molar-refractivity contribution in [2.75, 3.05) is 11.9 Å². The molecule has 1 aliphatic heterocycles. The van der Waals surface area contributed by atoms with Crippen LogP contribution in [0, 0.1) is 0 Å². The number of anilines is 1. The monoisotopic (exact) mass is 381 g/mol. The van der Waals surface area contributed by atoms with E-state index in [2.05, 4.69) is 17.3 Å². The molecule has 1 aromatic heterocycles. The van der Waals surface area contributed by atoms with Crippen molar-refractivity contribution in [1.29, 1.82) is 0 Å². The number of fused-ring (bicyclic) bond motifs is 1. The summed E-state index contributed by atoms with van der Waals surface area (Å²) < 4.78 is 7.38. The molecule has 0 radical (unpaired) electrons. The number of nitrogens with one attached hydrogen (secondary N) is 1. The van der Waals surface area contributed by atoms with Crippen molar-refractivity contribution in [2.24, 2.45) is 0 Å². The Hall–Kier alpha value is -2.79. The molecule has 1 N–H and O–H groups in total. The first kappa shape index (κ1) is 17.6. The molecule has 0 spiro atoms. The zero-order valence-electron chi connectivity index (χ0n) is 15.0. The summed E-state index contributed by atoms with van der Waals surface area (Å²) >= 11 is 6.11. The number of benzene rings is 2. The van der Waals surface area contributed by atoms with Crippen LogP contribution < -0.4 is 10.1 Å². The van der Waals surface area contributed by atoms with Crippen LogP contribution in [0.15, 0.2) is 54.7 Å². The average Bonchev–Trinajstić information content (AvgIpc) is 3.10. The Labute approximate surface area is 162 Å². The molecule has 0 saturated heterocycles. The summed E-state index contributed by atoms with van der Waals surface area (Å²) in [6.07, 6.45) is 3.18. The minimum absolute atomic E-state index is 0.0254. The minimum Gasteiger partial charge on any atom is -0.494 e. The molecular weight excluding hydrogens is 362 g/mol. The van der Waals surface area contributed by atoms with E-state index in [1.807, 2.05) is 54.7 Å². The average molecular weight is 382 g/mol. The van der Waals surface area contributed by atoms with Crippen molar-refractivity contribution in [2.45, 2.75) is 25.7 Å². The molecule has 0 bridgehead atoms. The fraction of sp³-hybridized carbons (Fsp3) is 0.238. The lowest BCUT2D eigenvalue weighted by atomic mass is 9.87. The van der Waals surface area contributed by atoms with Gasteiger partial charge in [0.1, 0.15) is 11.6 Å². The minimum atomic E-state index is -0.0399. The second-order valence-electron chi connectivity index (χ2n) is 6.56. The molecule has 2 heterocycles. The number of hydrogen-bond donors (Lipinski definition) is 1. The van der Waals surface area contributed by atoms with Gasteiger partial charge >= 0.3 is 0 Å². The fourth-order valence-corrected chi connectivity index (χ4v) is 3.52. The van der Waals surface area contributed by atoms with Gasteiger partial charge in [-0.1, -0.05) is 36.7 Å². The third-order valence-corrected chi connectivity index (χ3v) is 4.86. The Morgan fingerprint density at radius 2 is 2.07 bits per heavy atom. The molecule has 138 valence electrons. The van der Waals surface area contributed by atoms with E-state index in [1.54, 1.807) is 4.68 Å². The lowest BCUT2D eigenvalue weighted by molar-refractivity contribution is -0.116. The van der Waals surface area contributed by atoms with Gasteiger partial charge in [-0.3, -0.25) is 4.79 Å². The maximum atomic E-state index is 12.4. The molecule has 0 unspecified atom stereocenters. The SMILES string of the molecule is CCCOc1ccc([C@@H]2CC(=O)Nc3c2cnn3-c2cccc(Cl)c2)cc1. The number of nitrogens with zero attached hydrogens (tertiary/aromatic N) is 2. The third-order valence-electron chi connectivity index (χ3n) is 4.63. The van der Waals surface area contributed by atoms with Crippen LogP contribution in [0.2, 0.25) is 5.02 Å². The zero-order chi connectivity index (χ0) is 18.8. The van der Waals surface area contributed by atoms with Crippen molar-refractivity contribution in [3.8, 4) is 11.4 Å². The number of halogens is 1. The summed E-state index contributed by atoms with van der Waals surface area (Å²) in [7, 11) is 0. The Balaban J connectivity index is 1.69. The normalized spacial score (nSPS) is 15.9. The molecule has 4 rings (SSSR count). The Morgan fingerprint density at radius 1 is 1.26 bits per heavy atom. The highest BCUT2D eigenvalue weighted by atomic mass is 35.5. The summed E-state index contributed by atoms with van der Waals surface area (Å²) in [5.41, 5.74) is 2.88. The molecule has 6 heteroatoms. The van der Waals surface area contributed by atoms with E-state index in [9.17, 15) is 4.79 Å². The van der Waals surface area contributed by atoms with E-state index >= 15 is 0 Å². The topological polar surface area (TPSA) is 56.1 Å². The Bertz CT molecular complexity index is 966. The van der Waals surface area contributed by atoms with Crippen LogP contribution in [0.3, 0.4) is 0 Å². The molecule has 5 nitrogen and oxygen atoms in total.